The van der Waals surface area contributed by atoms with Gasteiger partial charge in [-0.15, -0.1) is 0 Å². The maximum atomic E-state index is 12.7. The Morgan fingerprint density at radius 1 is 1.26 bits per heavy atom. The van der Waals surface area contributed by atoms with E-state index >= 15 is 0 Å². The van der Waals surface area contributed by atoms with Crippen LogP contribution in [0.25, 0.3) is 0 Å². The summed E-state index contributed by atoms with van der Waals surface area (Å²) >= 11 is 3.35. The summed E-state index contributed by atoms with van der Waals surface area (Å²) in [6, 6.07) is 9.67. The highest BCUT2D eigenvalue weighted by Crippen LogP contribution is 2.28. The van der Waals surface area contributed by atoms with Gasteiger partial charge in [-0.05, 0) is 43.3 Å². The Morgan fingerprint density at radius 2 is 2.00 bits per heavy atom. The van der Waals surface area contributed by atoms with Gasteiger partial charge < -0.3 is 20.4 Å². The van der Waals surface area contributed by atoms with Crippen molar-refractivity contribution in [3.8, 4) is 0 Å². The fourth-order valence-electron chi connectivity index (χ4n) is 2.40. The van der Waals surface area contributed by atoms with Gasteiger partial charge in [0.25, 0.3) is 5.91 Å². The minimum Gasteiger partial charge on any atom is -0.467 e. The Kier molecular flexibility index (Phi) is 4.20. The number of furan rings is 1. The fourth-order valence-corrected chi connectivity index (χ4v) is 2.66. The number of carbonyl (C=O) groups is 2. The van der Waals surface area contributed by atoms with E-state index in [2.05, 4.69) is 31.9 Å². The second-order valence-corrected chi connectivity index (χ2v) is 5.96. The molecule has 3 rings (SSSR count). The number of anilines is 1. The molecule has 1 aromatic heterocycles. The molecule has 0 saturated heterocycles. The van der Waals surface area contributed by atoms with E-state index in [1.807, 2.05) is 12.1 Å². The first-order valence-electron chi connectivity index (χ1n) is 6.93. The van der Waals surface area contributed by atoms with Gasteiger partial charge in [0.2, 0.25) is 0 Å². The molecule has 3 N–H and O–H groups in total. The molecule has 0 unspecified atom stereocenters. The third-order valence-corrected chi connectivity index (χ3v) is 3.97. The number of benzene rings is 1. The second kappa shape index (κ2) is 6.29. The Bertz CT molecular complexity index is 766. The number of nitrogens with one attached hydrogen (secondary N) is 3. The molecule has 0 bridgehead atoms. The van der Waals surface area contributed by atoms with Crippen LogP contribution < -0.4 is 16.0 Å². The number of hydrogen-bond acceptors (Lipinski definition) is 3. The van der Waals surface area contributed by atoms with E-state index in [1.165, 1.54) is 6.26 Å². The Labute approximate surface area is 141 Å². The highest BCUT2D eigenvalue weighted by molar-refractivity contribution is 9.10. The normalized spacial score (nSPS) is 17.5. The quantitative estimate of drug-likeness (QED) is 0.769. The van der Waals surface area contributed by atoms with E-state index in [-0.39, 0.29) is 11.9 Å². The molecule has 2 heterocycles. The van der Waals surface area contributed by atoms with Crippen LogP contribution >= 0.6 is 15.9 Å². The zero-order chi connectivity index (χ0) is 16.4. The summed E-state index contributed by atoms with van der Waals surface area (Å²) in [5.74, 6) is 0.193. The van der Waals surface area contributed by atoms with Crippen molar-refractivity contribution in [3.05, 3.63) is 64.2 Å². The number of urea groups is 1. The van der Waals surface area contributed by atoms with E-state index in [0.29, 0.717) is 22.7 Å². The van der Waals surface area contributed by atoms with Crippen LogP contribution in [0.3, 0.4) is 0 Å². The maximum Gasteiger partial charge on any atom is 0.319 e. The van der Waals surface area contributed by atoms with Crippen LogP contribution in [0, 0.1) is 0 Å². The predicted molar refractivity (Wildman–Crippen MR) is 88.6 cm³/mol. The lowest BCUT2D eigenvalue weighted by Gasteiger charge is -2.27. The summed E-state index contributed by atoms with van der Waals surface area (Å²) in [5, 5.41) is 8.15. The summed E-state index contributed by atoms with van der Waals surface area (Å²) in [5.41, 5.74) is 1.56. The smallest absolute Gasteiger partial charge is 0.319 e. The molecule has 0 fully saturated rings. The van der Waals surface area contributed by atoms with Gasteiger partial charge in [-0.1, -0.05) is 15.9 Å². The van der Waals surface area contributed by atoms with Crippen LogP contribution in [0.5, 0.6) is 0 Å². The van der Waals surface area contributed by atoms with E-state index in [0.717, 1.165) is 4.47 Å². The molecule has 1 atom stereocenters. The summed E-state index contributed by atoms with van der Waals surface area (Å²) in [7, 11) is 0. The first kappa shape index (κ1) is 15.4. The molecule has 2 aromatic rings. The largest absolute Gasteiger partial charge is 0.467 e. The monoisotopic (exact) mass is 375 g/mol. The topological polar surface area (TPSA) is 83.4 Å². The van der Waals surface area contributed by atoms with Gasteiger partial charge in [0, 0.05) is 15.9 Å². The number of hydrogen-bond donors (Lipinski definition) is 3. The molecule has 118 valence electrons. The molecular weight excluding hydrogens is 362 g/mol. The van der Waals surface area contributed by atoms with E-state index in [9.17, 15) is 9.59 Å². The van der Waals surface area contributed by atoms with Gasteiger partial charge in [-0.3, -0.25) is 4.79 Å². The van der Waals surface area contributed by atoms with Crippen LogP contribution in [-0.2, 0) is 4.79 Å². The van der Waals surface area contributed by atoms with Gasteiger partial charge in [-0.25, -0.2) is 4.79 Å². The average Bonchev–Trinajstić information content (AvgIpc) is 3.03. The fraction of sp³-hybridized carbons (Fsp3) is 0.125. The second-order valence-electron chi connectivity index (χ2n) is 5.05. The van der Waals surface area contributed by atoms with Crippen molar-refractivity contribution in [3.63, 3.8) is 0 Å². The van der Waals surface area contributed by atoms with Crippen LogP contribution in [0.4, 0.5) is 10.5 Å². The van der Waals surface area contributed by atoms with Crippen molar-refractivity contribution in [1.82, 2.24) is 10.6 Å². The zero-order valence-corrected chi connectivity index (χ0v) is 13.8. The van der Waals surface area contributed by atoms with Crippen molar-refractivity contribution >= 4 is 33.6 Å². The van der Waals surface area contributed by atoms with E-state index in [4.69, 9.17) is 4.42 Å². The number of rotatable bonds is 3. The summed E-state index contributed by atoms with van der Waals surface area (Å²) in [4.78, 5) is 24.4. The van der Waals surface area contributed by atoms with Crippen molar-refractivity contribution in [2.24, 2.45) is 0 Å². The zero-order valence-electron chi connectivity index (χ0n) is 12.2. The maximum absolute atomic E-state index is 12.7. The molecule has 0 aliphatic carbocycles. The number of halogens is 1. The first-order valence-corrected chi connectivity index (χ1v) is 7.72. The van der Waals surface area contributed by atoms with Gasteiger partial charge in [0.15, 0.2) is 0 Å². The molecule has 23 heavy (non-hydrogen) atoms. The van der Waals surface area contributed by atoms with Crippen LogP contribution in [0.1, 0.15) is 18.7 Å². The molecule has 1 aliphatic rings. The molecule has 6 nitrogen and oxygen atoms in total. The lowest BCUT2D eigenvalue weighted by Crippen LogP contribution is -2.45. The minimum atomic E-state index is -0.630. The Balaban J connectivity index is 1.90. The van der Waals surface area contributed by atoms with Crippen LogP contribution in [0.2, 0.25) is 0 Å². The van der Waals surface area contributed by atoms with Gasteiger partial charge >= 0.3 is 6.03 Å². The highest BCUT2D eigenvalue weighted by atomic mass is 79.9. The molecule has 0 saturated carbocycles. The molecule has 0 spiro atoms. The molecule has 1 aromatic carbocycles. The van der Waals surface area contributed by atoms with Crippen molar-refractivity contribution < 1.29 is 14.0 Å². The molecule has 1 aliphatic heterocycles. The lowest BCUT2D eigenvalue weighted by atomic mass is 10.00. The predicted octanol–water partition coefficient (Wildman–Crippen LogP) is 3.31. The van der Waals surface area contributed by atoms with Crippen LogP contribution in [0.15, 0.2) is 62.8 Å². The van der Waals surface area contributed by atoms with Crippen molar-refractivity contribution in [1.29, 1.82) is 0 Å². The van der Waals surface area contributed by atoms with E-state index < -0.39 is 6.04 Å². The summed E-state index contributed by atoms with van der Waals surface area (Å²) in [6.07, 6.45) is 1.50. The van der Waals surface area contributed by atoms with Crippen molar-refractivity contribution in [2.75, 3.05) is 5.32 Å². The first-order chi connectivity index (χ1) is 11.0. The number of carbonyl (C=O) groups excluding carboxylic acids is 2. The summed E-state index contributed by atoms with van der Waals surface area (Å²) < 4.78 is 6.28. The third-order valence-electron chi connectivity index (χ3n) is 3.44. The standard InChI is InChI=1S/C16H14BrN3O3/c1-9-13(15(21)19-11-6-4-10(17)5-7-11)14(20-16(22)18-9)12-3-2-8-23-12/h2-8,14H,1H3,(H,19,21)(H2,18,20,22)/t14-/m1/s1. The highest BCUT2D eigenvalue weighted by Gasteiger charge is 2.32. The lowest BCUT2D eigenvalue weighted by molar-refractivity contribution is -0.113. The molecular formula is C16H14BrN3O3. The Hall–Kier alpha value is -2.54. The summed E-state index contributed by atoms with van der Waals surface area (Å²) in [6.45, 7) is 1.69. The van der Waals surface area contributed by atoms with E-state index in [1.54, 1.807) is 31.2 Å². The molecule has 0 radical (unpaired) electrons. The number of amides is 3. The molecule has 3 amide bonds. The third kappa shape index (κ3) is 3.29. The number of allylic oxidation sites excluding steroid dienone is 1. The van der Waals surface area contributed by atoms with Crippen molar-refractivity contribution in [2.45, 2.75) is 13.0 Å². The SMILES string of the molecule is CC1=C(C(=O)Nc2ccc(Br)cc2)[C@@H](c2ccco2)NC(=O)N1. The Morgan fingerprint density at radius 3 is 2.65 bits per heavy atom. The van der Waals surface area contributed by atoms with Crippen LogP contribution in [-0.4, -0.2) is 11.9 Å². The molecule has 7 heteroatoms. The minimum absolute atomic E-state index is 0.307. The van der Waals surface area contributed by atoms with Gasteiger partial charge in [0.05, 0.1) is 11.8 Å². The van der Waals surface area contributed by atoms with Gasteiger partial charge in [0.1, 0.15) is 11.8 Å². The average molecular weight is 376 g/mol. The van der Waals surface area contributed by atoms with Gasteiger partial charge in [-0.2, -0.15) is 0 Å².